The van der Waals surface area contributed by atoms with Crippen LogP contribution >= 0.6 is 0 Å². The minimum Gasteiger partial charge on any atom is -0.368 e. The van der Waals surface area contributed by atoms with E-state index in [4.69, 9.17) is 5.73 Å². The third kappa shape index (κ3) is 4.33. The van der Waals surface area contributed by atoms with Gasteiger partial charge in [-0.2, -0.15) is 4.52 Å². The molecule has 4 aromatic rings. The minimum absolute atomic E-state index is 0.0132. The predicted octanol–water partition coefficient (Wildman–Crippen LogP) is 2.79. The molecule has 35 heavy (non-hydrogen) atoms. The van der Waals surface area contributed by atoms with Crippen LogP contribution in [0.5, 0.6) is 0 Å². The van der Waals surface area contributed by atoms with Crippen LogP contribution in [-0.4, -0.2) is 66.5 Å². The largest absolute Gasteiger partial charge is 0.368 e. The van der Waals surface area contributed by atoms with Crippen molar-refractivity contribution in [3.05, 3.63) is 47.4 Å². The number of fused-ring (bicyclic) bond motifs is 3. The summed E-state index contributed by atoms with van der Waals surface area (Å²) in [5.41, 5.74) is 8.22. The summed E-state index contributed by atoms with van der Waals surface area (Å²) in [5.74, 6) is 1.11. The number of aromatic nitrogens is 6. The van der Waals surface area contributed by atoms with E-state index in [1.165, 1.54) is 16.6 Å². The lowest BCUT2D eigenvalue weighted by atomic mass is 10.1. The molecule has 1 aromatic carbocycles. The van der Waals surface area contributed by atoms with Gasteiger partial charge in [-0.05, 0) is 50.8 Å². The van der Waals surface area contributed by atoms with E-state index >= 15 is 0 Å². The second-order valence-electron chi connectivity index (χ2n) is 9.11. The first-order valence-electron chi connectivity index (χ1n) is 11.8. The zero-order valence-electron chi connectivity index (χ0n) is 20.1. The predicted molar refractivity (Wildman–Crippen MR) is 131 cm³/mol. The Labute approximate surface area is 202 Å². The highest BCUT2D eigenvalue weighted by atomic mass is 19.1. The molecule has 10 nitrogen and oxygen atoms in total. The van der Waals surface area contributed by atoms with Crippen molar-refractivity contribution in [1.82, 2.24) is 34.4 Å². The van der Waals surface area contributed by atoms with Gasteiger partial charge in [-0.25, -0.2) is 24.3 Å². The molecular weight excluding hydrogens is 449 g/mol. The fourth-order valence-electron chi connectivity index (χ4n) is 4.28. The van der Waals surface area contributed by atoms with Gasteiger partial charge in [-0.3, -0.25) is 4.79 Å². The van der Waals surface area contributed by atoms with E-state index in [-0.39, 0.29) is 23.7 Å². The second-order valence-corrected chi connectivity index (χ2v) is 9.11. The maximum absolute atomic E-state index is 14.0. The van der Waals surface area contributed by atoms with Crippen LogP contribution in [0.3, 0.4) is 0 Å². The standard InChI is InChI=1S/C24H28FN9O/c1-14-10-16(25)11-17-21(14)30-24(26)34-22(17)29-19(31-34)7-4-6-15(2)32(3)23(35)18-12-28-20(13-27-18)33-8-5-9-33/h10-13,15H,4-9H2,1-3H3,(H2,26,30)/t15-/m0/s1. The number of nitrogens with two attached hydrogens (primary N) is 1. The highest BCUT2D eigenvalue weighted by Crippen LogP contribution is 2.24. The van der Waals surface area contributed by atoms with Crippen molar-refractivity contribution in [3.8, 4) is 0 Å². The topological polar surface area (TPSA) is 118 Å². The third-order valence-electron chi connectivity index (χ3n) is 6.64. The van der Waals surface area contributed by atoms with E-state index in [0.29, 0.717) is 40.1 Å². The lowest BCUT2D eigenvalue weighted by Crippen LogP contribution is -2.38. The first-order chi connectivity index (χ1) is 16.8. The lowest BCUT2D eigenvalue weighted by molar-refractivity contribution is 0.0729. The number of nitrogen functional groups attached to an aromatic ring is 1. The summed E-state index contributed by atoms with van der Waals surface area (Å²) in [7, 11) is 1.77. The molecule has 0 bridgehead atoms. The van der Waals surface area contributed by atoms with Crippen molar-refractivity contribution in [2.75, 3.05) is 30.8 Å². The number of benzene rings is 1. The Morgan fingerprint density at radius 1 is 1.23 bits per heavy atom. The second kappa shape index (κ2) is 9.05. The van der Waals surface area contributed by atoms with Gasteiger partial charge in [0, 0.05) is 38.0 Å². The van der Waals surface area contributed by atoms with E-state index in [9.17, 15) is 9.18 Å². The van der Waals surface area contributed by atoms with Gasteiger partial charge in [0.25, 0.3) is 5.91 Å². The van der Waals surface area contributed by atoms with Crippen LogP contribution in [0.1, 0.15) is 48.1 Å². The first kappa shape index (κ1) is 22.9. The van der Waals surface area contributed by atoms with Crippen molar-refractivity contribution in [1.29, 1.82) is 0 Å². The molecule has 0 spiro atoms. The molecule has 5 rings (SSSR count). The van der Waals surface area contributed by atoms with Crippen LogP contribution in [-0.2, 0) is 6.42 Å². The number of anilines is 2. The number of hydrogen-bond donors (Lipinski definition) is 1. The Balaban J connectivity index is 1.23. The van der Waals surface area contributed by atoms with Gasteiger partial charge in [0.1, 0.15) is 17.3 Å². The van der Waals surface area contributed by atoms with Crippen LogP contribution in [0.4, 0.5) is 16.2 Å². The number of carbonyl (C=O) groups is 1. The van der Waals surface area contributed by atoms with Crippen LogP contribution < -0.4 is 10.6 Å². The van der Waals surface area contributed by atoms with E-state index in [1.54, 1.807) is 31.3 Å². The van der Waals surface area contributed by atoms with Crippen molar-refractivity contribution in [3.63, 3.8) is 0 Å². The summed E-state index contributed by atoms with van der Waals surface area (Å²) >= 11 is 0. The smallest absolute Gasteiger partial charge is 0.274 e. The van der Waals surface area contributed by atoms with E-state index < -0.39 is 0 Å². The monoisotopic (exact) mass is 477 g/mol. The third-order valence-corrected chi connectivity index (χ3v) is 6.64. The molecule has 0 aliphatic carbocycles. The molecule has 0 unspecified atom stereocenters. The molecule has 0 saturated carbocycles. The zero-order valence-corrected chi connectivity index (χ0v) is 20.1. The quantitative estimate of drug-likeness (QED) is 0.432. The summed E-state index contributed by atoms with van der Waals surface area (Å²) in [4.78, 5) is 34.3. The average molecular weight is 478 g/mol. The molecule has 3 aromatic heterocycles. The molecule has 4 heterocycles. The van der Waals surface area contributed by atoms with Crippen LogP contribution in [0.2, 0.25) is 0 Å². The summed E-state index contributed by atoms with van der Waals surface area (Å²) < 4.78 is 15.5. The van der Waals surface area contributed by atoms with Crippen molar-refractivity contribution >= 4 is 34.2 Å². The molecule has 0 radical (unpaired) electrons. The summed E-state index contributed by atoms with van der Waals surface area (Å²) in [6.07, 6.45) is 6.47. The SMILES string of the molecule is Cc1cc(F)cc2c1nc(N)n1nc(CCC[C@H](C)N(C)C(=O)c3cnc(N4CCC4)cn3)nc21. The van der Waals surface area contributed by atoms with Gasteiger partial charge in [-0.15, -0.1) is 5.10 Å². The molecule has 1 saturated heterocycles. The molecular formula is C24H28FN9O. The van der Waals surface area contributed by atoms with Gasteiger partial charge in [0.2, 0.25) is 5.95 Å². The van der Waals surface area contributed by atoms with Crippen LogP contribution in [0.25, 0.3) is 16.6 Å². The number of hydrogen-bond acceptors (Lipinski definition) is 8. The van der Waals surface area contributed by atoms with Gasteiger partial charge < -0.3 is 15.5 Å². The molecule has 2 N–H and O–H groups in total. The molecule has 1 aliphatic heterocycles. The Morgan fingerprint density at radius 2 is 2.03 bits per heavy atom. The maximum Gasteiger partial charge on any atom is 0.274 e. The van der Waals surface area contributed by atoms with Gasteiger partial charge in [0.15, 0.2) is 11.5 Å². The van der Waals surface area contributed by atoms with E-state index in [1.807, 2.05) is 6.92 Å². The zero-order chi connectivity index (χ0) is 24.7. The van der Waals surface area contributed by atoms with E-state index in [0.717, 1.165) is 38.2 Å². The summed E-state index contributed by atoms with van der Waals surface area (Å²) in [6, 6.07) is 2.82. The molecule has 1 atom stereocenters. The minimum atomic E-state index is -0.352. The van der Waals surface area contributed by atoms with Crippen molar-refractivity contribution < 1.29 is 9.18 Å². The Hall–Kier alpha value is -3.89. The van der Waals surface area contributed by atoms with E-state index in [2.05, 4.69) is 29.9 Å². The Kier molecular flexibility index (Phi) is 5.91. The highest BCUT2D eigenvalue weighted by molar-refractivity contribution is 5.94. The maximum atomic E-state index is 14.0. The van der Waals surface area contributed by atoms with Crippen LogP contribution in [0.15, 0.2) is 24.5 Å². The fourth-order valence-corrected chi connectivity index (χ4v) is 4.28. The average Bonchev–Trinajstić information content (AvgIpc) is 3.23. The Bertz CT molecular complexity index is 1400. The molecule has 1 amide bonds. The Morgan fingerprint density at radius 3 is 2.71 bits per heavy atom. The summed E-state index contributed by atoms with van der Waals surface area (Å²) in [5, 5.41) is 5.05. The van der Waals surface area contributed by atoms with Crippen molar-refractivity contribution in [2.24, 2.45) is 0 Å². The molecule has 182 valence electrons. The molecule has 11 heteroatoms. The van der Waals surface area contributed by atoms with Gasteiger partial charge in [-0.1, -0.05) is 0 Å². The number of aryl methyl sites for hydroxylation is 2. The molecule has 1 aliphatic rings. The normalized spacial score (nSPS) is 14.3. The number of nitrogens with zero attached hydrogens (tertiary/aromatic N) is 8. The van der Waals surface area contributed by atoms with Crippen molar-refractivity contribution in [2.45, 2.75) is 45.6 Å². The fraction of sp³-hybridized carbons (Fsp3) is 0.417. The first-order valence-corrected chi connectivity index (χ1v) is 11.8. The highest BCUT2D eigenvalue weighted by Gasteiger charge is 2.21. The van der Waals surface area contributed by atoms with Gasteiger partial charge in [0.05, 0.1) is 17.9 Å². The lowest BCUT2D eigenvalue weighted by Gasteiger charge is -2.31. The van der Waals surface area contributed by atoms with Gasteiger partial charge >= 0.3 is 0 Å². The number of amides is 1. The molecule has 1 fully saturated rings. The number of halogens is 1. The number of rotatable bonds is 7. The number of carbonyl (C=O) groups excluding carboxylic acids is 1. The summed E-state index contributed by atoms with van der Waals surface area (Å²) in [6.45, 7) is 5.75. The van der Waals surface area contributed by atoms with Crippen LogP contribution in [0, 0.1) is 12.7 Å².